The first-order valence-corrected chi connectivity index (χ1v) is 10.2. The van der Waals surface area contributed by atoms with E-state index < -0.39 is 0 Å². The quantitative estimate of drug-likeness (QED) is 0.452. The number of carbonyl (C=O) groups is 1. The number of benzene rings is 1. The Morgan fingerprint density at radius 1 is 1.23 bits per heavy atom. The fraction of sp³-hybridized carbons (Fsp3) is 0.211. The van der Waals surface area contributed by atoms with Gasteiger partial charge in [0.25, 0.3) is 0 Å². The van der Waals surface area contributed by atoms with Crippen LogP contribution in [0.1, 0.15) is 5.56 Å². The fourth-order valence-electron chi connectivity index (χ4n) is 2.45. The van der Waals surface area contributed by atoms with Gasteiger partial charge in [0.1, 0.15) is 0 Å². The molecule has 7 heteroatoms. The maximum atomic E-state index is 12.1. The van der Waals surface area contributed by atoms with E-state index in [0.717, 1.165) is 22.3 Å². The van der Waals surface area contributed by atoms with Crippen LogP contribution in [0.3, 0.4) is 0 Å². The van der Waals surface area contributed by atoms with Gasteiger partial charge in [-0.05, 0) is 23.4 Å². The highest BCUT2D eigenvalue weighted by Gasteiger charge is 2.15. The summed E-state index contributed by atoms with van der Waals surface area (Å²) in [7, 11) is 0. The SMILES string of the molecule is C=CCn1c(SCC(=O)NCCc2ccccc2)nnc1-c1cccs1. The van der Waals surface area contributed by atoms with Crippen LogP contribution in [0.15, 0.2) is 65.7 Å². The molecule has 0 unspecified atom stereocenters. The van der Waals surface area contributed by atoms with Crippen molar-refractivity contribution < 1.29 is 4.79 Å². The molecule has 0 saturated carbocycles. The number of thiophene rings is 1. The highest BCUT2D eigenvalue weighted by Crippen LogP contribution is 2.27. The first-order chi connectivity index (χ1) is 12.8. The lowest BCUT2D eigenvalue weighted by Gasteiger charge is -2.07. The van der Waals surface area contributed by atoms with Crippen LogP contribution in [-0.4, -0.2) is 33.0 Å². The Bertz CT molecular complexity index is 844. The molecule has 0 bridgehead atoms. The van der Waals surface area contributed by atoms with Crippen molar-refractivity contribution in [3.63, 3.8) is 0 Å². The van der Waals surface area contributed by atoms with E-state index in [9.17, 15) is 4.79 Å². The number of nitrogens with one attached hydrogen (secondary N) is 1. The molecule has 0 saturated heterocycles. The van der Waals surface area contributed by atoms with Gasteiger partial charge < -0.3 is 5.32 Å². The van der Waals surface area contributed by atoms with Gasteiger partial charge in [-0.15, -0.1) is 28.1 Å². The highest BCUT2D eigenvalue weighted by molar-refractivity contribution is 7.99. The molecule has 2 heterocycles. The van der Waals surface area contributed by atoms with Crippen molar-refractivity contribution >= 4 is 29.0 Å². The van der Waals surface area contributed by atoms with Gasteiger partial charge >= 0.3 is 0 Å². The molecule has 0 aliphatic carbocycles. The molecule has 0 fully saturated rings. The number of hydrogen-bond acceptors (Lipinski definition) is 5. The molecule has 1 aromatic carbocycles. The van der Waals surface area contributed by atoms with Gasteiger partial charge in [-0.2, -0.15) is 0 Å². The van der Waals surface area contributed by atoms with E-state index in [1.165, 1.54) is 17.3 Å². The number of nitrogens with zero attached hydrogens (tertiary/aromatic N) is 3. The van der Waals surface area contributed by atoms with E-state index in [1.807, 2.05) is 46.4 Å². The molecule has 0 spiro atoms. The Balaban J connectivity index is 1.54. The second-order valence-electron chi connectivity index (χ2n) is 5.56. The molecule has 1 N–H and O–H groups in total. The third-order valence-electron chi connectivity index (χ3n) is 3.68. The number of rotatable bonds is 9. The lowest BCUT2D eigenvalue weighted by Crippen LogP contribution is -2.27. The lowest BCUT2D eigenvalue weighted by atomic mass is 10.1. The Labute approximate surface area is 161 Å². The zero-order chi connectivity index (χ0) is 18.2. The van der Waals surface area contributed by atoms with Crippen LogP contribution in [0.2, 0.25) is 0 Å². The molecule has 0 radical (unpaired) electrons. The van der Waals surface area contributed by atoms with Crippen molar-refractivity contribution in [2.45, 2.75) is 18.1 Å². The minimum absolute atomic E-state index is 0.00300. The Hall–Kier alpha value is -2.38. The van der Waals surface area contributed by atoms with Crippen LogP contribution in [-0.2, 0) is 17.8 Å². The predicted molar refractivity (Wildman–Crippen MR) is 107 cm³/mol. The summed E-state index contributed by atoms with van der Waals surface area (Å²) in [6.45, 7) is 5.04. The summed E-state index contributed by atoms with van der Waals surface area (Å²) in [5.41, 5.74) is 1.21. The first kappa shape index (κ1) is 18.4. The smallest absolute Gasteiger partial charge is 0.230 e. The van der Waals surface area contributed by atoms with Crippen LogP contribution in [0.25, 0.3) is 10.7 Å². The average molecular weight is 385 g/mol. The fourth-order valence-corrected chi connectivity index (χ4v) is 3.94. The normalized spacial score (nSPS) is 10.6. The first-order valence-electron chi connectivity index (χ1n) is 8.29. The molecule has 3 rings (SSSR count). The van der Waals surface area contributed by atoms with Gasteiger partial charge in [0.15, 0.2) is 11.0 Å². The number of thioether (sulfide) groups is 1. The van der Waals surface area contributed by atoms with Gasteiger partial charge in [-0.1, -0.05) is 54.2 Å². The van der Waals surface area contributed by atoms with E-state index in [0.29, 0.717) is 18.8 Å². The van der Waals surface area contributed by atoms with Crippen molar-refractivity contribution in [2.24, 2.45) is 0 Å². The third kappa shape index (κ3) is 4.83. The van der Waals surface area contributed by atoms with Gasteiger partial charge in [0.05, 0.1) is 10.6 Å². The molecule has 5 nitrogen and oxygen atoms in total. The van der Waals surface area contributed by atoms with Crippen molar-refractivity contribution in [3.8, 4) is 10.7 Å². The van der Waals surface area contributed by atoms with Crippen LogP contribution in [0.4, 0.5) is 0 Å². The minimum Gasteiger partial charge on any atom is -0.355 e. The second kappa shape index (κ2) is 9.35. The van der Waals surface area contributed by atoms with Crippen molar-refractivity contribution in [3.05, 3.63) is 66.1 Å². The molecular weight excluding hydrogens is 364 g/mol. The van der Waals surface area contributed by atoms with Gasteiger partial charge in [0, 0.05) is 13.1 Å². The summed E-state index contributed by atoms with van der Waals surface area (Å²) in [5, 5.41) is 14.2. The van der Waals surface area contributed by atoms with E-state index in [2.05, 4.69) is 34.2 Å². The second-order valence-corrected chi connectivity index (χ2v) is 7.45. The molecule has 3 aromatic rings. The van der Waals surface area contributed by atoms with Gasteiger partial charge in [-0.25, -0.2) is 0 Å². The Morgan fingerprint density at radius 3 is 2.81 bits per heavy atom. The topological polar surface area (TPSA) is 59.8 Å². The summed E-state index contributed by atoms with van der Waals surface area (Å²) < 4.78 is 1.99. The Kier molecular flexibility index (Phi) is 6.62. The number of allylic oxidation sites excluding steroid dienone is 1. The number of amides is 1. The van der Waals surface area contributed by atoms with Crippen LogP contribution >= 0.6 is 23.1 Å². The van der Waals surface area contributed by atoms with Crippen molar-refractivity contribution in [1.82, 2.24) is 20.1 Å². The third-order valence-corrected chi connectivity index (χ3v) is 5.51. The average Bonchev–Trinajstić information content (AvgIpc) is 3.31. The van der Waals surface area contributed by atoms with E-state index >= 15 is 0 Å². The maximum Gasteiger partial charge on any atom is 0.230 e. The minimum atomic E-state index is -0.00300. The molecule has 1 amide bonds. The van der Waals surface area contributed by atoms with Crippen LogP contribution in [0.5, 0.6) is 0 Å². The van der Waals surface area contributed by atoms with E-state index in [-0.39, 0.29) is 5.91 Å². The van der Waals surface area contributed by atoms with Crippen LogP contribution < -0.4 is 5.32 Å². The number of aromatic nitrogens is 3. The highest BCUT2D eigenvalue weighted by atomic mass is 32.2. The maximum absolute atomic E-state index is 12.1. The molecule has 134 valence electrons. The number of hydrogen-bond donors (Lipinski definition) is 1. The standard InChI is InChI=1S/C19H20N4OS2/c1-2-12-23-18(16-9-6-13-25-16)21-22-19(23)26-14-17(24)20-11-10-15-7-4-3-5-8-15/h2-9,13H,1,10-12,14H2,(H,20,24). The molecule has 2 aromatic heterocycles. The summed E-state index contributed by atoms with van der Waals surface area (Å²) >= 11 is 3.01. The Morgan fingerprint density at radius 2 is 2.08 bits per heavy atom. The molecule has 26 heavy (non-hydrogen) atoms. The molecule has 0 aliphatic rings. The number of carbonyl (C=O) groups excluding carboxylic acids is 1. The molecule has 0 atom stereocenters. The van der Waals surface area contributed by atoms with E-state index in [4.69, 9.17) is 0 Å². The molecule has 0 aliphatic heterocycles. The van der Waals surface area contributed by atoms with Gasteiger partial charge in [-0.3, -0.25) is 9.36 Å². The predicted octanol–water partition coefficient (Wildman–Crippen LogP) is 3.64. The van der Waals surface area contributed by atoms with E-state index in [1.54, 1.807) is 11.3 Å². The van der Waals surface area contributed by atoms with Crippen molar-refractivity contribution in [2.75, 3.05) is 12.3 Å². The van der Waals surface area contributed by atoms with Crippen LogP contribution in [0, 0.1) is 0 Å². The summed E-state index contributed by atoms with van der Waals surface area (Å²) in [5.74, 6) is 1.12. The zero-order valence-corrected chi connectivity index (χ0v) is 15.9. The lowest BCUT2D eigenvalue weighted by molar-refractivity contribution is -0.118. The van der Waals surface area contributed by atoms with Crippen molar-refractivity contribution in [1.29, 1.82) is 0 Å². The molecular formula is C19H20N4OS2. The monoisotopic (exact) mass is 384 g/mol. The summed E-state index contributed by atoms with van der Waals surface area (Å²) in [6.07, 6.45) is 2.64. The summed E-state index contributed by atoms with van der Waals surface area (Å²) in [6, 6.07) is 14.1. The summed E-state index contributed by atoms with van der Waals surface area (Å²) in [4.78, 5) is 13.2. The largest absolute Gasteiger partial charge is 0.355 e. The van der Waals surface area contributed by atoms with Gasteiger partial charge in [0.2, 0.25) is 5.91 Å². The zero-order valence-electron chi connectivity index (χ0n) is 14.3.